The number of fused-ring (bicyclic) bond motifs is 1. The normalized spacial score (nSPS) is 17.7. The number of benzene rings is 2. The maximum Gasteiger partial charge on any atom is 0.270 e. The third kappa shape index (κ3) is 3.83. The van der Waals surface area contributed by atoms with Crippen molar-refractivity contribution in [2.45, 2.75) is 25.3 Å². The first-order chi connectivity index (χ1) is 13.6. The Morgan fingerprint density at radius 2 is 1.86 bits per heavy atom. The van der Waals surface area contributed by atoms with Crippen molar-refractivity contribution >= 4 is 16.8 Å². The zero-order chi connectivity index (χ0) is 19.5. The standard InChI is InChI=1S/C24H29N3O/c1-25(24(28)23-17-20-11-6-7-13-22(20)26(23)2)21-12-8-15-27(18-21)16-14-19-9-4-3-5-10-19/h3-7,9-11,13,17,21H,8,12,14-16,18H2,1-2H3. The topological polar surface area (TPSA) is 28.5 Å². The average molecular weight is 376 g/mol. The number of para-hydroxylation sites is 1. The largest absolute Gasteiger partial charge is 0.340 e. The van der Waals surface area contributed by atoms with Crippen LogP contribution in [0.3, 0.4) is 0 Å². The first kappa shape index (κ1) is 18.8. The number of hydrogen-bond donors (Lipinski definition) is 0. The van der Waals surface area contributed by atoms with Gasteiger partial charge in [0.15, 0.2) is 0 Å². The highest BCUT2D eigenvalue weighted by Crippen LogP contribution is 2.22. The van der Waals surface area contributed by atoms with Gasteiger partial charge >= 0.3 is 0 Å². The molecule has 1 aromatic heterocycles. The minimum absolute atomic E-state index is 0.119. The van der Waals surface area contributed by atoms with Crippen molar-refractivity contribution in [2.24, 2.45) is 7.05 Å². The number of amides is 1. The Hall–Kier alpha value is -2.59. The van der Waals surface area contributed by atoms with Crippen molar-refractivity contribution in [3.05, 3.63) is 71.9 Å². The molecule has 0 spiro atoms. The summed E-state index contributed by atoms with van der Waals surface area (Å²) in [6, 6.07) is 21.1. The van der Waals surface area contributed by atoms with E-state index in [1.165, 1.54) is 5.56 Å². The lowest BCUT2D eigenvalue weighted by Gasteiger charge is -2.37. The van der Waals surface area contributed by atoms with Crippen LogP contribution in [-0.2, 0) is 13.5 Å². The minimum atomic E-state index is 0.119. The molecule has 0 radical (unpaired) electrons. The Bertz CT molecular complexity index is 947. The van der Waals surface area contributed by atoms with Gasteiger partial charge in [-0.1, -0.05) is 48.5 Å². The maximum absolute atomic E-state index is 13.2. The molecule has 28 heavy (non-hydrogen) atoms. The van der Waals surface area contributed by atoms with Crippen LogP contribution in [0.15, 0.2) is 60.7 Å². The number of likely N-dealkylation sites (N-methyl/N-ethyl adjacent to an activating group) is 1. The summed E-state index contributed by atoms with van der Waals surface area (Å²) < 4.78 is 2.02. The minimum Gasteiger partial charge on any atom is -0.340 e. The lowest BCUT2D eigenvalue weighted by Crippen LogP contribution is -2.49. The first-order valence-corrected chi connectivity index (χ1v) is 10.2. The fourth-order valence-electron chi connectivity index (χ4n) is 4.32. The highest BCUT2D eigenvalue weighted by molar-refractivity contribution is 5.98. The van der Waals surface area contributed by atoms with E-state index in [-0.39, 0.29) is 11.9 Å². The van der Waals surface area contributed by atoms with Crippen LogP contribution in [0.4, 0.5) is 0 Å². The van der Waals surface area contributed by atoms with Crippen LogP contribution in [0.2, 0.25) is 0 Å². The van der Waals surface area contributed by atoms with Gasteiger partial charge in [0.25, 0.3) is 5.91 Å². The van der Waals surface area contributed by atoms with Gasteiger partial charge in [0.05, 0.1) is 0 Å². The van der Waals surface area contributed by atoms with E-state index >= 15 is 0 Å². The molecule has 0 aliphatic carbocycles. The molecule has 2 aromatic carbocycles. The van der Waals surface area contributed by atoms with Gasteiger partial charge in [-0.05, 0) is 43.5 Å². The lowest BCUT2D eigenvalue weighted by atomic mass is 10.0. The quantitative estimate of drug-likeness (QED) is 0.675. The maximum atomic E-state index is 13.2. The summed E-state index contributed by atoms with van der Waals surface area (Å²) in [4.78, 5) is 17.7. The van der Waals surface area contributed by atoms with Crippen molar-refractivity contribution in [1.29, 1.82) is 0 Å². The van der Waals surface area contributed by atoms with E-state index in [1.807, 2.05) is 41.8 Å². The van der Waals surface area contributed by atoms with Crippen molar-refractivity contribution in [2.75, 3.05) is 26.7 Å². The van der Waals surface area contributed by atoms with Gasteiger partial charge < -0.3 is 14.4 Å². The van der Waals surface area contributed by atoms with E-state index in [0.29, 0.717) is 0 Å². The third-order valence-corrected chi connectivity index (χ3v) is 6.08. The number of carbonyl (C=O) groups is 1. The summed E-state index contributed by atoms with van der Waals surface area (Å²) >= 11 is 0. The van der Waals surface area contributed by atoms with Crippen molar-refractivity contribution in [1.82, 2.24) is 14.4 Å². The summed E-state index contributed by atoms with van der Waals surface area (Å²) in [7, 11) is 3.95. The van der Waals surface area contributed by atoms with Gasteiger partial charge in [0.2, 0.25) is 0 Å². The molecule has 1 atom stereocenters. The number of hydrogen-bond acceptors (Lipinski definition) is 2. The molecule has 4 nitrogen and oxygen atoms in total. The highest BCUT2D eigenvalue weighted by Gasteiger charge is 2.28. The van der Waals surface area contributed by atoms with Gasteiger partial charge in [0, 0.05) is 44.1 Å². The monoisotopic (exact) mass is 375 g/mol. The summed E-state index contributed by atoms with van der Waals surface area (Å²) in [5.41, 5.74) is 3.25. The van der Waals surface area contributed by atoms with Crippen molar-refractivity contribution in [3.8, 4) is 0 Å². The number of nitrogens with zero attached hydrogens (tertiary/aromatic N) is 3. The SMILES string of the molecule is CN(C(=O)c1cc2ccccc2n1C)C1CCCN(CCc2ccccc2)C1. The van der Waals surface area contributed by atoms with Crippen molar-refractivity contribution < 1.29 is 4.79 Å². The number of likely N-dealkylation sites (tertiary alicyclic amines) is 1. The Kier molecular flexibility index (Phi) is 5.49. The molecule has 0 bridgehead atoms. The van der Waals surface area contributed by atoms with E-state index in [1.54, 1.807) is 0 Å². The second kappa shape index (κ2) is 8.19. The highest BCUT2D eigenvalue weighted by atomic mass is 16.2. The lowest BCUT2D eigenvalue weighted by molar-refractivity contribution is 0.0610. The number of carbonyl (C=O) groups excluding carboxylic acids is 1. The van der Waals surface area contributed by atoms with E-state index in [4.69, 9.17) is 0 Å². The van der Waals surface area contributed by atoms with Gasteiger partial charge in [-0.2, -0.15) is 0 Å². The molecule has 4 rings (SSSR count). The van der Waals surface area contributed by atoms with Gasteiger partial charge in [0.1, 0.15) is 5.69 Å². The molecule has 1 unspecified atom stereocenters. The fourth-order valence-corrected chi connectivity index (χ4v) is 4.32. The number of piperidine rings is 1. The molecule has 1 aliphatic heterocycles. The summed E-state index contributed by atoms with van der Waals surface area (Å²) in [6.07, 6.45) is 3.29. The Morgan fingerprint density at radius 3 is 2.64 bits per heavy atom. The van der Waals surface area contributed by atoms with E-state index < -0.39 is 0 Å². The number of aromatic nitrogens is 1. The number of rotatable bonds is 5. The second-order valence-corrected chi connectivity index (χ2v) is 7.90. The number of aryl methyl sites for hydroxylation is 1. The molecule has 146 valence electrons. The molecular formula is C24H29N3O. The molecule has 1 fully saturated rings. The van der Waals surface area contributed by atoms with E-state index in [2.05, 4.69) is 47.4 Å². The molecule has 3 aromatic rings. The summed E-state index contributed by atoms with van der Waals surface area (Å²) in [5, 5.41) is 1.12. The van der Waals surface area contributed by atoms with Gasteiger partial charge in [-0.15, -0.1) is 0 Å². The molecular weight excluding hydrogens is 346 g/mol. The Balaban J connectivity index is 1.42. The molecule has 0 N–H and O–H groups in total. The van der Waals surface area contributed by atoms with Crippen LogP contribution in [0.1, 0.15) is 28.9 Å². The predicted octanol–water partition coefficient (Wildman–Crippen LogP) is 3.96. The molecule has 4 heteroatoms. The smallest absolute Gasteiger partial charge is 0.270 e. The van der Waals surface area contributed by atoms with Crippen LogP contribution in [-0.4, -0.2) is 53.0 Å². The third-order valence-electron chi connectivity index (χ3n) is 6.08. The zero-order valence-electron chi connectivity index (χ0n) is 16.8. The van der Waals surface area contributed by atoms with Crippen LogP contribution in [0, 0.1) is 0 Å². The summed E-state index contributed by atoms with van der Waals surface area (Å²) in [5.74, 6) is 0.119. The second-order valence-electron chi connectivity index (χ2n) is 7.90. The van der Waals surface area contributed by atoms with E-state index in [9.17, 15) is 4.79 Å². The molecule has 2 heterocycles. The van der Waals surface area contributed by atoms with Crippen LogP contribution in [0.5, 0.6) is 0 Å². The average Bonchev–Trinajstić information content (AvgIpc) is 3.09. The van der Waals surface area contributed by atoms with Crippen molar-refractivity contribution in [3.63, 3.8) is 0 Å². The van der Waals surface area contributed by atoms with E-state index in [0.717, 1.165) is 55.5 Å². The summed E-state index contributed by atoms with van der Waals surface area (Å²) in [6.45, 7) is 3.13. The molecule has 0 saturated carbocycles. The van der Waals surface area contributed by atoms with Gasteiger partial charge in [-0.25, -0.2) is 0 Å². The Morgan fingerprint density at radius 1 is 1.11 bits per heavy atom. The van der Waals surface area contributed by atoms with Crippen LogP contribution in [0.25, 0.3) is 10.9 Å². The fraction of sp³-hybridized carbons (Fsp3) is 0.375. The Labute approximate surface area is 167 Å². The first-order valence-electron chi connectivity index (χ1n) is 10.2. The molecule has 1 saturated heterocycles. The predicted molar refractivity (Wildman–Crippen MR) is 115 cm³/mol. The van der Waals surface area contributed by atoms with Crippen LogP contribution >= 0.6 is 0 Å². The van der Waals surface area contributed by atoms with Gasteiger partial charge in [-0.3, -0.25) is 4.79 Å². The molecule has 1 amide bonds. The van der Waals surface area contributed by atoms with Crippen LogP contribution < -0.4 is 0 Å². The molecule has 1 aliphatic rings. The zero-order valence-corrected chi connectivity index (χ0v) is 16.8.